The summed E-state index contributed by atoms with van der Waals surface area (Å²) in [5.74, 6) is -0.282. The molecule has 4 nitrogen and oxygen atoms in total. The topological polar surface area (TPSA) is 46.6 Å². The van der Waals surface area contributed by atoms with Gasteiger partial charge in [0.05, 0.1) is 13.0 Å². The second-order valence-electron chi connectivity index (χ2n) is 5.85. The first kappa shape index (κ1) is 17.8. The van der Waals surface area contributed by atoms with E-state index in [-0.39, 0.29) is 24.3 Å². The number of carbonyl (C=O) groups is 2. The van der Waals surface area contributed by atoms with E-state index in [0.717, 1.165) is 25.7 Å². The summed E-state index contributed by atoms with van der Waals surface area (Å²) in [6.07, 6.45) is 5.73. The minimum atomic E-state index is -0.253. The molecule has 1 aliphatic carbocycles. The van der Waals surface area contributed by atoms with Crippen molar-refractivity contribution >= 4 is 23.5 Å². The van der Waals surface area contributed by atoms with Crippen LogP contribution in [0.15, 0.2) is 24.3 Å². The SMILES string of the molecule is CCOC(=O)CCN(C(=O)c1ccc(Cl)cc1)C1CCCCC1. The number of ether oxygens (including phenoxy) is 1. The van der Waals surface area contributed by atoms with Gasteiger partial charge in [0.1, 0.15) is 0 Å². The van der Waals surface area contributed by atoms with Gasteiger partial charge < -0.3 is 9.64 Å². The largest absolute Gasteiger partial charge is 0.466 e. The van der Waals surface area contributed by atoms with Gasteiger partial charge in [0.25, 0.3) is 5.91 Å². The second-order valence-corrected chi connectivity index (χ2v) is 6.29. The van der Waals surface area contributed by atoms with E-state index in [1.807, 2.05) is 4.90 Å². The van der Waals surface area contributed by atoms with Gasteiger partial charge in [0.2, 0.25) is 0 Å². The molecule has 5 heteroatoms. The molecule has 0 saturated heterocycles. The standard InChI is InChI=1S/C18H24ClNO3/c1-2-23-17(21)12-13-20(16-6-4-3-5-7-16)18(22)14-8-10-15(19)11-9-14/h8-11,16H,2-7,12-13H2,1H3. The van der Waals surface area contributed by atoms with Crippen molar-refractivity contribution in [2.45, 2.75) is 51.5 Å². The van der Waals surface area contributed by atoms with Crippen LogP contribution < -0.4 is 0 Å². The highest BCUT2D eigenvalue weighted by molar-refractivity contribution is 6.30. The predicted molar refractivity (Wildman–Crippen MR) is 90.6 cm³/mol. The lowest BCUT2D eigenvalue weighted by atomic mass is 9.93. The summed E-state index contributed by atoms with van der Waals surface area (Å²) in [6, 6.07) is 7.13. The number of hydrogen-bond acceptors (Lipinski definition) is 3. The number of esters is 1. The highest BCUT2D eigenvalue weighted by atomic mass is 35.5. The first-order chi connectivity index (χ1) is 11.1. The molecule has 0 spiro atoms. The Kier molecular flexibility index (Phi) is 6.90. The van der Waals surface area contributed by atoms with Crippen LogP contribution in [0.1, 0.15) is 55.8 Å². The van der Waals surface area contributed by atoms with Gasteiger partial charge in [-0.25, -0.2) is 0 Å². The van der Waals surface area contributed by atoms with Crippen LogP contribution in [-0.4, -0.2) is 36.0 Å². The van der Waals surface area contributed by atoms with E-state index in [0.29, 0.717) is 23.7 Å². The third-order valence-electron chi connectivity index (χ3n) is 4.23. The molecular formula is C18H24ClNO3. The lowest BCUT2D eigenvalue weighted by molar-refractivity contribution is -0.143. The summed E-state index contributed by atoms with van der Waals surface area (Å²) < 4.78 is 4.99. The number of nitrogens with zero attached hydrogens (tertiary/aromatic N) is 1. The van der Waals surface area contributed by atoms with E-state index in [4.69, 9.17) is 16.3 Å². The number of benzene rings is 1. The predicted octanol–water partition coefficient (Wildman–Crippen LogP) is 4.07. The van der Waals surface area contributed by atoms with Crippen molar-refractivity contribution in [2.75, 3.05) is 13.2 Å². The normalized spacial score (nSPS) is 15.2. The van der Waals surface area contributed by atoms with Crippen LogP contribution in [0.5, 0.6) is 0 Å². The van der Waals surface area contributed by atoms with Gasteiger partial charge in [-0.15, -0.1) is 0 Å². The quantitative estimate of drug-likeness (QED) is 0.735. The smallest absolute Gasteiger partial charge is 0.307 e. The van der Waals surface area contributed by atoms with Gasteiger partial charge in [-0.1, -0.05) is 30.9 Å². The molecule has 0 atom stereocenters. The van der Waals surface area contributed by atoms with Crippen LogP contribution in [0.4, 0.5) is 0 Å². The number of hydrogen-bond donors (Lipinski definition) is 0. The lowest BCUT2D eigenvalue weighted by Crippen LogP contribution is -2.42. The molecule has 0 aromatic heterocycles. The van der Waals surface area contributed by atoms with Crippen LogP contribution in [0.2, 0.25) is 5.02 Å². The minimum Gasteiger partial charge on any atom is -0.466 e. The Morgan fingerprint density at radius 1 is 1.17 bits per heavy atom. The molecule has 23 heavy (non-hydrogen) atoms. The van der Waals surface area contributed by atoms with Crippen LogP contribution in [0.25, 0.3) is 0 Å². The molecule has 1 aromatic rings. The molecular weight excluding hydrogens is 314 g/mol. The van der Waals surface area contributed by atoms with Crippen molar-refractivity contribution in [2.24, 2.45) is 0 Å². The fraction of sp³-hybridized carbons (Fsp3) is 0.556. The maximum Gasteiger partial charge on any atom is 0.307 e. The zero-order valence-corrected chi connectivity index (χ0v) is 14.3. The van der Waals surface area contributed by atoms with E-state index in [1.54, 1.807) is 31.2 Å². The highest BCUT2D eigenvalue weighted by Gasteiger charge is 2.26. The molecule has 1 fully saturated rings. The van der Waals surface area contributed by atoms with Gasteiger partial charge in [-0.2, -0.15) is 0 Å². The summed E-state index contributed by atoms with van der Waals surface area (Å²) in [6.45, 7) is 2.56. The first-order valence-electron chi connectivity index (χ1n) is 8.34. The zero-order chi connectivity index (χ0) is 16.7. The molecule has 0 bridgehead atoms. The fourth-order valence-corrected chi connectivity index (χ4v) is 3.17. The van der Waals surface area contributed by atoms with Crippen molar-refractivity contribution in [1.29, 1.82) is 0 Å². The molecule has 0 N–H and O–H groups in total. The van der Waals surface area contributed by atoms with Crippen molar-refractivity contribution < 1.29 is 14.3 Å². The van der Waals surface area contributed by atoms with Crippen molar-refractivity contribution in [1.82, 2.24) is 4.90 Å². The van der Waals surface area contributed by atoms with E-state index >= 15 is 0 Å². The third-order valence-corrected chi connectivity index (χ3v) is 4.48. The van der Waals surface area contributed by atoms with Gasteiger partial charge in [-0.3, -0.25) is 9.59 Å². The highest BCUT2D eigenvalue weighted by Crippen LogP contribution is 2.24. The Balaban J connectivity index is 2.09. The summed E-state index contributed by atoms with van der Waals surface area (Å²) in [5, 5.41) is 0.609. The number of rotatable bonds is 6. The second kappa shape index (κ2) is 8.92. The first-order valence-corrected chi connectivity index (χ1v) is 8.71. The van der Waals surface area contributed by atoms with Crippen LogP contribution in [-0.2, 0) is 9.53 Å². The maximum atomic E-state index is 12.9. The number of amides is 1. The van der Waals surface area contributed by atoms with Crippen LogP contribution >= 0.6 is 11.6 Å². The Morgan fingerprint density at radius 2 is 1.83 bits per heavy atom. The van der Waals surface area contributed by atoms with Gasteiger partial charge in [0, 0.05) is 23.2 Å². The summed E-state index contributed by atoms with van der Waals surface area (Å²) in [5.41, 5.74) is 0.615. The van der Waals surface area contributed by atoms with E-state index in [9.17, 15) is 9.59 Å². The van der Waals surface area contributed by atoms with Gasteiger partial charge in [0.15, 0.2) is 0 Å². The van der Waals surface area contributed by atoms with Gasteiger partial charge in [-0.05, 0) is 44.0 Å². The van der Waals surface area contributed by atoms with E-state index < -0.39 is 0 Å². The summed E-state index contributed by atoms with van der Waals surface area (Å²) in [7, 11) is 0. The average molecular weight is 338 g/mol. The Morgan fingerprint density at radius 3 is 2.43 bits per heavy atom. The average Bonchev–Trinajstić information content (AvgIpc) is 2.57. The number of carbonyl (C=O) groups excluding carboxylic acids is 2. The Bertz CT molecular complexity index is 524. The minimum absolute atomic E-state index is 0.0298. The Hall–Kier alpha value is -1.55. The monoisotopic (exact) mass is 337 g/mol. The van der Waals surface area contributed by atoms with Crippen molar-refractivity contribution in [3.05, 3.63) is 34.9 Å². The molecule has 0 radical (unpaired) electrons. The zero-order valence-electron chi connectivity index (χ0n) is 13.6. The molecule has 0 unspecified atom stereocenters. The third kappa shape index (κ3) is 5.24. The lowest BCUT2D eigenvalue weighted by Gasteiger charge is -2.34. The van der Waals surface area contributed by atoms with E-state index in [2.05, 4.69) is 0 Å². The molecule has 1 aromatic carbocycles. The van der Waals surface area contributed by atoms with Crippen molar-refractivity contribution in [3.8, 4) is 0 Å². The molecule has 1 amide bonds. The molecule has 1 saturated carbocycles. The van der Waals surface area contributed by atoms with Crippen molar-refractivity contribution in [3.63, 3.8) is 0 Å². The summed E-state index contributed by atoms with van der Waals surface area (Å²) in [4.78, 5) is 26.4. The molecule has 0 aliphatic heterocycles. The fourth-order valence-electron chi connectivity index (χ4n) is 3.05. The molecule has 1 aliphatic rings. The van der Waals surface area contributed by atoms with Crippen LogP contribution in [0.3, 0.4) is 0 Å². The number of halogens is 1. The molecule has 126 valence electrons. The van der Waals surface area contributed by atoms with E-state index in [1.165, 1.54) is 6.42 Å². The molecule has 0 heterocycles. The van der Waals surface area contributed by atoms with Gasteiger partial charge >= 0.3 is 5.97 Å². The van der Waals surface area contributed by atoms with Crippen LogP contribution in [0, 0.1) is 0 Å². The summed E-state index contributed by atoms with van der Waals surface area (Å²) >= 11 is 5.90. The Labute approximate surface area is 142 Å². The maximum absolute atomic E-state index is 12.9. The molecule has 2 rings (SSSR count).